The van der Waals surface area contributed by atoms with E-state index in [1.165, 1.54) is 25.7 Å². The lowest BCUT2D eigenvalue weighted by Gasteiger charge is -2.26. The van der Waals surface area contributed by atoms with Crippen LogP contribution in [-0.2, 0) is 5.41 Å². The Morgan fingerprint density at radius 2 is 1.69 bits per heavy atom. The van der Waals surface area contributed by atoms with Crippen molar-refractivity contribution in [3.8, 4) is 28.4 Å². The molecule has 0 amide bonds. The van der Waals surface area contributed by atoms with E-state index in [-0.39, 0.29) is 11.2 Å². The molecule has 1 N–H and O–H groups in total. The Bertz CT molecular complexity index is 719. The maximum absolute atomic E-state index is 10.7. The quantitative estimate of drug-likeness (QED) is 0.534. The van der Waals surface area contributed by atoms with Gasteiger partial charge in [-0.1, -0.05) is 70.7 Å². The first-order valence-corrected chi connectivity index (χ1v) is 9.49. The molecule has 2 aromatic rings. The van der Waals surface area contributed by atoms with Crippen LogP contribution < -0.4 is 9.47 Å². The van der Waals surface area contributed by atoms with Crippen molar-refractivity contribution in [1.29, 1.82) is 0 Å². The fourth-order valence-corrected chi connectivity index (χ4v) is 3.42. The van der Waals surface area contributed by atoms with Crippen molar-refractivity contribution in [3.05, 3.63) is 42.0 Å². The van der Waals surface area contributed by atoms with Gasteiger partial charge in [0.2, 0.25) is 0 Å². The predicted octanol–water partition coefficient (Wildman–Crippen LogP) is 6.32. The van der Waals surface area contributed by atoms with E-state index in [0.29, 0.717) is 11.5 Å². The highest BCUT2D eigenvalue weighted by Crippen LogP contribution is 2.43. The van der Waals surface area contributed by atoms with Crippen LogP contribution >= 0.6 is 0 Å². The smallest absolute Gasteiger partial charge is 0.168 e. The summed E-state index contributed by atoms with van der Waals surface area (Å²) in [7, 11) is 3.23. The molecule has 3 heteroatoms. The SMILES string of the molecule is CCCCCCC(C)(C)c1ccc(-c2cccc(OC)c2OC)c(O)c1. The second-order valence-electron chi connectivity index (χ2n) is 7.47. The monoisotopic (exact) mass is 356 g/mol. The van der Waals surface area contributed by atoms with Crippen LogP contribution in [-0.4, -0.2) is 19.3 Å². The number of hydrogen-bond acceptors (Lipinski definition) is 3. The van der Waals surface area contributed by atoms with Crippen molar-refractivity contribution in [3.63, 3.8) is 0 Å². The minimum atomic E-state index is 0.0439. The molecule has 142 valence electrons. The van der Waals surface area contributed by atoms with E-state index in [1.54, 1.807) is 14.2 Å². The van der Waals surface area contributed by atoms with Crippen molar-refractivity contribution in [2.24, 2.45) is 0 Å². The standard InChI is InChI=1S/C23H32O3/c1-6-7-8-9-15-23(2,3)17-13-14-18(20(24)16-17)19-11-10-12-21(25-4)22(19)26-5/h10-14,16,24H,6-9,15H2,1-5H3. The summed E-state index contributed by atoms with van der Waals surface area (Å²) in [5.74, 6) is 1.57. The topological polar surface area (TPSA) is 38.7 Å². The number of phenolic OH excluding ortho intramolecular Hbond substituents is 1. The zero-order chi connectivity index (χ0) is 19.2. The molecule has 0 aliphatic carbocycles. The highest BCUT2D eigenvalue weighted by atomic mass is 16.5. The Morgan fingerprint density at radius 3 is 2.31 bits per heavy atom. The van der Waals surface area contributed by atoms with Gasteiger partial charge in [0.05, 0.1) is 14.2 Å². The third-order valence-electron chi connectivity index (χ3n) is 5.13. The number of benzene rings is 2. The fraction of sp³-hybridized carbons (Fsp3) is 0.478. The van der Waals surface area contributed by atoms with Crippen LogP contribution in [0.1, 0.15) is 58.4 Å². The van der Waals surface area contributed by atoms with Gasteiger partial charge in [-0.3, -0.25) is 0 Å². The van der Waals surface area contributed by atoms with Crippen LogP contribution in [0.5, 0.6) is 17.2 Å². The number of methoxy groups -OCH3 is 2. The molecule has 26 heavy (non-hydrogen) atoms. The summed E-state index contributed by atoms with van der Waals surface area (Å²) in [5, 5.41) is 10.7. The van der Waals surface area contributed by atoms with Crippen molar-refractivity contribution in [1.82, 2.24) is 0 Å². The predicted molar refractivity (Wildman–Crippen MR) is 108 cm³/mol. The Balaban J connectivity index is 2.30. The summed E-state index contributed by atoms with van der Waals surface area (Å²) in [6.07, 6.45) is 6.14. The summed E-state index contributed by atoms with van der Waals surface area (Å²) in [6.45, 7) is 6.73. The lowest BCUT2D eigenvalue weighted by atomic mass is 9.79. The van der Waals surface area contributed by atoms with Gasteiger partial charge in [-0.2, -0.15) is 0 Å². The first-order chi connectivity index (χ1) is 12.4. The Labute approximate surface area is 158 Å². The van der Waals surface area contributed by atoms with Gasteiger partial charge in [0.15, 0.2) is 11.5 Å². The summed E-state index contributed by atoms with van der Waals surface area (Å²) in [6, 6.07) is 11.7. The molecule has 0 saturated carbocycles. The molecular weight excluding hydrogens is 324 g/mol. The van der Waals surface area contributed by atoms with Gasteiger partial charge in [0.1, 0.15) is 5.75 Å². The average molecular weight is 357 g/mol. The molecule has 0 aliphatic rings. The van der Waals surface area contributed by atoms with Crippen LogP contribution in [0.25, 0.3) is 11.1 Å². The normalized spacial score (nSPS) is 11.4. The van der Waals surface area contributed by atoms with E-state index in [9.17, 15) is 5.11 Å². The number of para-hydroxylation sites is 1. The molecule has 2 rings (SSSR count). The molecule has 0 atom stereocenters. The molecule has 3 nitrogen and oxygen atoms in total. The molecule has 0 bridgehead atoms. The zero-order valence-corrected chi connectivity index (χ0v) is 16.8. The molecule has 0 radical (unpaired) electrons. The Kier molecular flexibility index (Phi) is 6.96. The van der Waals surface area contributed by atoms with E-state index < -0.39 is 0 Å². The first-order valence-electron chi connectivity index (χ1n) is 9.49. The van der Waals surface area contributed by atoms with Crippen LogP contribution in [0.4, 0.5) is 0 Å². The van der Waals surface area contributed by atoms with E-state index >= 15 is 0 Å². The van der Waals surface area contributed by atoms with Crippen molar-refractivity contribution >= 4 is 0 Å². The molecule has 0 aromatic heterocycles. The minimum Gasteiger partial charge on any atom is -0.507 e. The van der Waals surface area contributed by atoms with Gasteiger partial charge in [-0.15, -0.1) is 0 Å². The Hall–Kier alpha value is -2.16. The highest BCUT2D eigenvalue weighted by Gasteiger charge is 2.22. The number of rotatable bonds is 9. The number of ether oxygens (including phenoxy) is 2. The number of hydrogen-bond donors (Lipinski definition) is 1. The third kappa shape index (κ3) is 4.51. The van der Waals surface area contributed by atoms with E-state index in [4.69, 9.17) is 9.47 Å². The Morgan fingerprint density at radius 1 is 0.923 bits per heavy atom. The maximum Gasteiger partial charge on any atom is 0.168 e. The number of aromatic hydroxyl groups is 1. The van der Waals surface area contributed by atoms with E-state index in [2.05, 4.69) is 26.8 Å². The van der Waals surface area contributed by atoms with Crippen molar-refractivity contribution in [2.75, 3.05) is 14.2 Å². The summed E-state index contributed by atoms with van der Waals surface area (Å²) in [5.41, 5.74) is 2.79. The van der Waals surface area contributed by atoms with E-state index in [1.807, 2.05) is 30.3 Å². The van der Waals surface area contributed by atoms with E-state index in [0.717, 1.165) is 23.1 Å². The largest absolute Gasteiger partial charge is 0.507 e. The van der Waals surface area contributed by atoms with Gasteiger partial charge in [-0.05, 0) is 29.5 Å². The van der Waals surface area contributed by atoms with Crippen molar-refractivity contribution < 1.29 is 14.6 Å². The fourth-order valence-electron chi connectivity index (χ4n) is 3.42. The van der Waals surface area contributed by atoms with Gasteiger partial charge < -0.3 is 14.6 Å². The van der Waals surface area contributed by atoms with Gasteiger partial charge in [0, 0.05) is 11.1 Å². The lowest BCUT2D eigenvalue weighted by Crippen LogP contribution is -2.16. The van der Waals surface area contributed by atoms with Crippen LogP contribution in [0.15, 0.2) is 36.4 Å². The highest BCUT2D eigenvalue weighted by molar-refractivity contribution is 5.78. The van der Waals surface area contributed by atoms with Gasteiger partial charge >= 0.3 is 0 Å². The van der Waals surface area contributed by atoms with Crippen LogP contribution in [0.2, 0.25) is 0 Å². The lowest BCUT2D eigenvalue weighted by molar-refractivity contribution is 0.356. The first kappa shape index (κ1) is 20.2. The molecule has 2 aromatic carbocycles. The third-order valence-corrected chi connectivity index (χ3v) is 5.13. The molecule has 0 spiro atoms. The number of phenols is 1. The number of unbranched alkanes of at least 4 members (excludes halogenated alkanes) is 3. The molecule has 0 fully saturated rings. The maximum atomic E-state index is 10.7. The van der Waals surface area contributed by atoms with Crippen LogP contribution in [0.3, 0.4) is 0 Å². The average Bonchev–Trinajstić information content (AvgIpc) is 2.64. The van der Waals surface area contributed by atoms with Gasteiger partial charge in [-0.25, -0.2) is 0 Å². The summed E-state index contributed by atoms with van der Waals surface area (Å²) < 4.78 is 10.9. The summed E-state index contributed by atoms with van der Waals surface area (Å²) >= 11 is 0. The second kappa shape index (κ2) is 8.98. The van der Waals surface area contributed by atoms with Gasteiger partial charge in [0.25, 0.3) is 0 Å². The molecule has 0 aliphatic heterocycles. The molecule has 0 heterocycles. The van der Waals surface area contributed by atoms with Crippen LogP contribution in [0, 0.1) is 0 Å². The molecule has 0 saturated heterocycles. The minimum absolute atomic E-state index is 0.0439. The summed E-state index contributed by atoms with van der Waals surface area (Å²) in [4.78, 5) is 0. The zero-order valence-electron chi connectivity index (χ0n) is 16.8. The van der Waals surface area contributed by atoms with Crippen molar-refractivity contribution in [2.45, 2.75) is 58.3 Å². The second-order valence-corrected chi connectivity index (χ2v) is 7.47. The molecule has 0 unspecified atom stereocenters. The molecular formula is C23H32O3.